The molecule has 1 atom stereocenters. The maximum Gasteiger partial charge on any atom is 0.227 e. The van der Waals surface area contributed by atoms with Gasteiger partial charge in [0.1, 0.15) is 0 Å². The number of hydrogen-bond donors (Lipinski definition) is 2. The molecule has 0 saturated heterocycles. The summed E-state index contributed by atoms with van der Waals surface area (Å²) in [5, 5.41) is 4.28. The van der Waals surface area contributed by atoms with Gasteiger partial charge in [-0.2, -0.15) is 0 Å². The zero-order chi connectivity index (χ0) is 19.0. The molecule has 0 bridgehead atoms. The smallest absolute Gasteiger partial charge is 0.227 e. The molecule has 1 aliphatic rings. The van der Waals surface area contributed by atoms with Crippen LogP contribution < -0.4 is 14.8 Å². The number of methoxy groups -OCH3 is 2. The Balaban J connectivity index is 1.54. The van der Waals surface area contributed by atoms with E-state index in [1.165, 1.54) is 22.2 Å². The number of carbonyl (C=O) groups excluding carboxylic acids is 1. The van der Waals surface area contributed by atoms with Crippen molar-refractivity contribution in [3.05, 3.63) is 53.2 Å². The molecule has 5 nitrogen and oxygen atoms in total. The first-order chi connectivity index (χ1) is 13.1. The number of aromatic amines is 1. The Labute approximate surface area is 158 Å². The van der Waals surface area contributed by atoms with Crippen LogP contribution in [0.15, 0.2) is 36.4 Å². The number of anilines is 1. The molecule has 4 rings (SSSR count). The Morgan fingerprint density at radius 2 is 1.93 bits per heavy atom. The van der Waals surface area contributed by atoms with Crippen LogP contribution in [-0.4, -0.2) is 25.1 Å². The minimum atomic E-state index is -0.0369. The maximum atomic E-state index is 12.9. The second kappa shape index (κ2) is 6.99. The first-order valence-electron chi connectivity index (χ1n) is 9.22. The van der Waals surface area contributed by atoms with Crippen LogP contribution in [-0.2, 0) is 17.6 Å². The Morgan fingerprint density at radius 3 is 2.70 bits per heavy atom. The van der Waals surface area contributed by atoms with Crippen molar-refractivity contribution in [2.45, 2.75) is 26.2 Å². The minimum absolute atomic E-state index is 0.0369. The molecule has 27 heavy (non-hydrogen) atoms. The van der Waals surface area contributed by atoms with E-state index in [9.17, 15) is 4.79 Å². The van der Waals surface area contributed by atoms with E-state index in [4.69, 9.17) is 9.47 Å². The SMILES string of the molecule is COc1ccc(NC(=O)C2CCc3[nH]c4ccc(C)cc4c3C2)cc1OC. The molecular weight excluding hydrogens is 340 g/mol. The highest BCUT2D eigenvalue weighted by Gasteiger charge is 2.27. The van der Waals surface area contributed by atoms with Gasteiger partial charge in [-0.25, -0.2) is 0 Å². The van der Waals surface area contributed by atoms with Gasteiger partial charge in [0.25, 0.3) is 0 Å². The third-order valence-electron chi connectivity index (χ3n) is 5.37. The number of aryl methyl sites for hydroxylation is 2. The topological polar surface area (TPSA) is 63.3 Å². The lowest BCUT2D eigenvalue weighted by Gasteiger charge is -2.22. The fourth-order valence-electron chi connectivity index (χ4n) is 3.91. The van der Waals surface area contributed by atoms with Crippen molar-refractivity contribution >= 4 is 22.5 Å². The molecule has 140 valence electrons. The largest absolute Gasteiger partial charge is 0.493 e. The molecule has 2 aromatic carbocycles. The Morgan fingerprint density at radius 1 is 1.11 bits per heavy atom. The molecule has 1 unspecified atom stereocenters. The summed E-state index contributed by atoms with van der Waals surface area (Å²) in [5.41, 5.74) is 5.67. The monoisotopic (exact) mass is 364 g/mol. The molecule has 1 amide bonds. The number of benzene rings is 2. The van der Waals surface area contributed by atoms with Crippen LogP contribution in [0.3, 0.4) is 0 Å². The van der Waals surface area contributed by atoms with Crippen molar-refractivity contribution in [2.24, 2.45) is 5.92 Å². The van der Waals surface area contributed by atoms with Crippen LogP contribution >= 0.6 is 0 Å². The molecular formula is C22H24N2O3. The second-order valence-corrected chi connectivity index (χ2v) is 7.13. The van der Waals surface area contributed by atoms with Crippen molar-refractivity contribution < 1.29 is 14.3 Å². The zero-order valence-electron chi connectivity index (χ0n) is 15.9. The summed E-state index contributed by atoms with van der Waals surface area (Å²) in [6.07, 6.45) is 2.50. The number of rotatable bonds is 4. The number of amides is 1. The van der Waals surface area contributed by atoms with Crippen molar-refractivity contribution in [3.8, 4) is 11.5 Å². The highest BCUT2D eigenvalue weighted by atomic mass is 16.5. The normalized spacial score (nSPS) is 16.0. The molecule has 0 radical (unpaired) electrons. The predicted molar refractivity (Wildman–Crippen MR) is 107 cm³/mol. The lowest BCUT2D eigenvalue weighted by Crippen LogP contribution is -2.28. The molecule has 0 saturated carbocycles. The molecule has 0 spiro atoms. The summed E-state index contributed by atoms with van der Waals surface area (Å²) in [5.74, 6) is 1.26. The third kappa shape index (κ3) is 3.25. The number of hydrogen-bond acceptors (Lipinski definition) is 3. The van der Waals surface area contributed by atoms with Crippen LogP contribution in [0.2, 0.25) is 0 Å². The van der Waals surface area contributed by atoms with Crippen molar-refractivity contribution in [2.75, 3.05) is 19.5 Å². The molecule has 3 aromatic rings. The Bertz CT molecular complexity index is 1010. The number of carbonyl (C=O) groups is 1. The van der Waals surface area contributed by atoms with Gasteiger partial charge in [-0.1, -0.05) is 11.6 Å². The fourth-order valence-corrected chi connectivity index (χ4v) is 3.91. The summed E-state index contributed by atoms with van der Waals surface area (Å²) < 4.78 is 10.6. The van der Waals surface area contributed by atoms with Gasteiger partial charge in [0.05, 0.1) is 14.2 Å². The quantitative estimate of drug-likeness (QED) is 0.728. The Kier molecular flexibility index (Phi) is 4.52. The molecule has 2 N–H and O–H groups in total. The highest BCUT2D eigenvalue weighted by molar-refractivity contribution is 5.94. The van der Waals surface area contributed by atoms with E-state index in [1.807, 2.05) is 6.07 Å². The number of nitrogens with one attached hydrogen (secondary N) is 2. The molecule has 5 heteroatoms. The van der Waals surface area contributed by atoms with E-state index in [1.54, 1.807) is 26.4 Å². The lowest BCUT2D eigenvalue weighted by atomic mass is 9.85. The van der Waals surface area contributed by atoms with E-state index in [-0.39, 0.29) is 11.8 Å². The van der Waals surface area contributed by atoms with Gasteiger partial charge < -0.3 is 19.8 Å². The van der Waals surface area contributed by atoms with Gasteiger partial charge in [0.2, 0.25) is 5.91 Å². The van der Waals surface area contributed by atoms with Crippen molar-refractivity contribution in [1.29, 1.82) is 0 Å². The molecule has 1 aromatic heterocycles. The van der Waals surface area contributed by atoms with Gasteiger partial charge in [-0.05, 0) is 56.0 Å². The first kappa shape index (κ1) is 17.5. The van der Waals surface area contributed by atoms with E-state index in [0.29, 0.717) is 11.5 Å². The molecule has 1 aliphatic carbocycles. The Hall–Kier alpha value is -2.95. The van der Waals surface area contributed by atoms with Gasteiger partial charge in [-0.15, -0.1) is 0 Å². The van der Waals surface area contributed by atoms with Crippen LogP contribution in [0, 0.1) is 12.8 Å². The standard InChI is InChI=1S/C22H24N2O3/c1-13-4-7-18-16(10-13)17-11-14(5-8-19(17)24-18)22(25)23-15-6-9-20(26-2)21(12-15)27-3/h4,6-7,9-10,12,14,24H,5,8,11H2,1-3H3,(H,23,25). The van der Waals surface area contributed by atoms with E-state index in [0.717, 1.165) is 30.5 Å². The predicted octanol–water partition coefficient (Wildman–Crippen LogP) is 4.24. The molecule has 1 heterocycles. The van der Waals surface area contributed by atoms with Gasteiger partial charge in [-0.3, -0.25) is 4.79 Å². The number of fused-ring (bicyclic) bond motifs is 3. The first-order valence-corrected chi connectivity index (χ1v) is 9.22. The summed E-state index contributed by atoms with van der Waals surface area (Å²) in [6.45, 7) is 2.10. The number of ether oxygens (including phenoxy) is 2. The van der Waals surface area contributed by atoms with Crippen molar-refractivity contribution in [3.63, 3.8) is 0 Å². The second-order valence-electron chi connectivity index (χ2n) is 7.13. The maximum absolute atomic E-state index is 12.9. The minimum Gasteiger partial charge on any atom is -0.493 e. The van der Waals surface area contributed by atoms with Gasteiger partial charge in [0.15, 0.2) is 11.5 Å². The number of aromatic nitrogens is 1. The van der Waals surface area contributed by atoms with Crippen LogP contribution in [0.4, 0.5) is 5.69 Å². The molecule has 0 aliphatic heterocycles. The zero-order valence-corrected chi connectivity index (χ0v) is 15.9. The van der Waals surface area contributed by atoms with Crippen LogP contribution in [0.1, 0.15) is 23.2 Å². The summed E-state index contributed by atoms with van der Waals surface area (Å²) in [4.78, 5) is 16.4. The fraction of sp³-hybridized carbons (Fsp3) is 0.318. The van der Waals surface area contributed by atoms with E-state index in [2.05, 4.69) is 35.4 Å². The summed E-state index contributed by atoms with van der Waals surface area (Å²) in [7, 11) is 3.18. The number of H-pyrrole nitrogens is 1. The van der Waals surface area contributed by atoms with E-state index >= 15 is 0 Å². The van der Waals surface area contributed by atoms with Crippen LogP contribution in [0.25, 0.3) is 10.9 Å². The van der Waals surface area contributed by atoms with E-state index < -0.39 is 0 Å². The summed E-state index contributed by atoms with van der Waals surface area (Å²) >= 11 is 0. The van der Waals surface area contributed by atoms with Crippen molar-refractivity contribution in [1.82, 2.24) is 4.98 Å². The third-order valence-corrected chi connectivity index (χ3v) is 5.37. The van der Waals surface area contributed by atoms with Gasteiger partial charge in [0, 0.05) is 34.3 Å². The average molecular weight is 364 g/mol. The summed E-state index contributed by atoms with van der Waals surface area (Å²) in [6, 6.07) is 11.9. The lowest BCUT2D eigenvalue weighted by molar-refractivity contribution is -0.120. The van der Waals surface area contributed by atoms with Crippen LogP contribution in [0.5, 0.6) is 11.5 Å². The highest BCUT2D eigenvalue weighted by Crippen LogP contribution is 2.34. The van der Waals surface area contributed by atoms with Gasteiger partial charge >= 0.3 is 0 Å². The average Bonchev–Trinajstić information content (AvgIpc) is 3.04. The molecule has 0 fully saturated rings.